The fourth-order valence-electron chi connectivity index (χ4n) is 1.13. The van der Waals surface area contributed by atoms with Crippen LogP contribution in [0.3, 0.4) is 0 Å². The van der Waals surface area contributed by atoms with Crippen LogP contribution >= 0.6 is 11.5 Å². The Balaban J connectivity index is 1.85. The molecular formula is C8H8F3N5OS. The van der Waals surface area contributed by atoms with Gasteiger partial charge in [0.2, 0.25) is 16.8 Å². The van der Waals surface area contributed by atoms with E-state index in [4.69, 9.17) is 4.52 Å². The zero-order chi connectivity index (χ0) is 13.2. The molecule has 10 heteroatoms. The maximum absolute atomic E-state index is 12.2. The largest absolute Gasteiger partial charge is 0.452 e. The molecule has 0 aliphatic heterocycles. The van der Waals surface area contributed by atoms with E-state index >= 15 is 0 Å². The van der Waals surface area contributed by atoms with E-state index in [2.05, 4.69) is 24.8 Å². The van der Waals surface area contributed by atoms with Crippen LogP contribution in [-0.2, 0) is 12.6 Å². The Morgan fingerprint density at radius 1 is 1.33 bits per heavy atom. The summed E-state index contributed by atoms with van der Waals surface area (Å²) >= 11 is 0.658. The molecule has 0 aromatic carbocycles. The third-order valence-corrected chi connectivity index (χ3v) is 2.54. The summed E-state index contributed by atoms with van der Waals surface area (Å²) in [5, 5.41) is 6.41. The lowest BCUT2D eigenvalue weighted by Crippen LogP contribution is -2.08. The first-order chi connectivity index (χ1) is 8.45. The highest BCUT2D eigenvalue weighted by Crippen LogP contribution is 2.28. The number of hydrogen-bond acceptors (Lipinski definition) is 7. The quantitative estimate of drug-likeness (QED) is 0.921. The van der Waals surface area contributed by atoms with Gasteiger partial charge in [-0.1, -0.05) is 5.16 Å². The molecule has 2 heterocycles. The summed E-state index contributed by atoms with van der Waals surface area (Å²) in [6, 6.07) is 0. The summed E-state index contributed by atoms with van der Waals surface area (Å²) in [6.07, 6.45) is -4.11. The summed E-state index contributed by atoms with van der Waals surface area (Å²) in [6.45, 7) is 2.02. The molecule has 6 nitrogen and oxygen atoms in total. The first-order valence-corrected chi connectivity index (χ1v) is 5.66. The number of anilines is 1. The van der Waals surface area contributed by atoms with Gasteiger partial charge in [-0.25, -0.2) is 0 Å². The van der Waals surface area contributed by atoms with Crippen LogP contribution in [0.4, 0.5) is 18.3 Å². The van der Waals surface area contributed by atoms with E-state index < -0.39 is 12.0 Å². The number of rotatable bonds is 4. The molecule has 2 aromatic heterocycles. The van der Waals surface area contributed by atoms with Crippen molar-refractivity contribution in [3.8, 4) is 0 Å². The number of nitrogens with zero attached hydrogens (tertiary/aromatic N) is 4. The van der Waals surface area contributed by atoms with E-state index in [1.165, 1.54) is 0 Å². The molecule has 18 heavy (non-hydrogen) atoms. The molecule has 2 rings (SSSR count). The van der Waals surface area contributed by atoms with E-state index in [-0.39, 0.29) is 5.13 Å². The summed E-state index contributed by atoms with van der Waals surface area (Å²) in [4.78, 5) is 7.28. The van der Waals surface area contributed by atoms with Gasteiger partial charge in [0, 0.05) is 24.5 Å². The summed E-state index contributed by atoms with van der Waals surface area (Å²) in [7, 11) is 0. The Hall–Kier alpha value is -1.71. The van der Waals surface area contributed by atoms with Crippen molar-refractivity contribution in [3.63, 3.8) is 0 Å². The molecule has 0 atom stereocenters. The van der Waals surface area contributed by atoms with Gasteiger partial charge in [0.1, 0.15) is 0 Å². The lowest BCUT2D eigenvalue weighted by atomic mass is 10.4. The fraction of sp³-hybridized carbons (Fsp3) is 0.500. The van der Waals surface area contributed by atoms with Crippen molar-refractivity contribution in [2.24, 2.45) is 0 Å². The number of alkyl halides is 3. The van der Waals surface area contributed by atoms with E-state index in [0.717, 1.165) is 0 Å². The highest BCUT2D eigenvalue weighted by atomic mass is 32.1. The van der Waals surface area contributed by atoms with Crippen LogP contribution in [0.2, 0.25) is 0 Å². The molecule has 0 fully saturated rings. The molecule has 0 saturated carbocycles. The molecule has 0 radical (unpaired) electrons. The first kappa shape index (κ1) is 12.7. The third kappa shape index (κ3) is 3.15. The van der Waals surface area contributed by atoms with E-state index in [1.54, 1.807) is 6.92 Å². The van der Waals surface area contributed by atoms with Crippen LogP contribution in [0, 0.1) is 6.92 Å². The molecule has 0 aliphatic carbocycles. The minimum atomic E-state index is -4.51. The molecular weight excluding hydrogens is 271 g/mol. The second-order valence-corrected chi connectivity index (χ2v) is 4.08. The van der Waals surface area contributed by atoms with Crippen molar-refractivity contribution in [1.29, 1.82) is 0 Å². The van der Waals surface area contributed by atoms with Crippen molar-refractivity contribution >= 4 is 16.7 Å². The summed E-state index contributed by atoms with van der Waals surface area (Å²) < 4.78 is 44.7. The van der Waals surface area contributed by atoms with Crippen molar-refractivity contribution in [3.05, 3.63) is 17.5 Å². The average molecular weight is 279 g/mol. The van der Waals surface area contributed by atoms with Crippen LogP contribution in [0.15, 0.2) is 4.52 Å². The molecule has 0 saturated heterocycles. The minimum Gasteiger partial charge on any atom is -0.360 e. The van der Waals surface area contributed by atoms with Crippen LogP contribution in [0.1, 0.15) is 17.5 Å². The second kappa shape index (κ2) is 4.88. The number of aromatic nitrogens is 4. The van der Waals surface area contributed by atoms with Gasteiger partial charge in [-0.15, -0.1) is 0 Å². The van der Waals surface area contributed by atoms with Crippen molar-refractivity contribution in [1.82, 2.24) is 19.5 Å². The second-order valence-electron chi connectivity index (χ2n) is 3.33. The molecule has 1 N–H and O–H groups in total. The number of halogens is 3. The van der Waals surface area contributed by atoms with Crippen LogP contribution in [-0.4, -0.2) is 26.0 Å². The average Bonchev–Trinajstić information content (AvgIpc) is 2.87. The Bertz CT molecular complexity index is 523. The van der Waals surface area contributed by atoms with Crippen molar-refractivity contribution in [2.45, 2.75) is 19.5 Å². The molecule has 0 spiro atoms. The molecule has 2 aromatic rings. The Morgan fingerprint density at radius 2 is 2.11 bits per heavy atom. The highest BCUT2D eigenvalue weighted by Gasteiger charge is 2.36. The molecule has 0 amide bonds. The van der Waals surface area contributed by atoms with Gasteiger partial charge >= 0.3 is 6.18 Å². The van der Waals surface area contributed by atoms with Crippen LogP contribution < -0.4 is 5.32 Å². The smallest absolute Gasteiger partial charge is 0.360 e. The summed E-state index contributed by atoms with van der Waals surface area (Å²) in [5.41, 5.74) is 0. The topological polar surface area (TPSA) is 76.7 Å². The molecule has 0 unspecified atom stereocenters. The van der Waals surface area contributed by atoms with Gasteiger partial charge < -0.3 is 9.84 Å². The van der Waals surface area contributed by atoms with Gasteiger partial charge in [0.15, 0.2) is 5.82 Å². The lowest BCUT2D eigenvalue weighted by molar-refractivity contribution is -0.144. The van der Waals surface area contributed by atoms with E-state index in [1.807, 2.05) is 0 Å². The van der Waals surface area contributed by atoms with Gasteiger partial charge in [0.25, 0.3) is 0 Å². The van der Waals surface area contributed by atoms with Crippen molar-refractivity contribution in [2.75, 3.05) is 11.9 Å². The van der Waals surface area contributed by atoms with Gasteiger partial charge in [0.05, 0.1) is 0 Å². The van der Waals surface area contributed by atoms with E-state index in [9.17, 15) is 13.2 Å². The minimum absolute atomic E-state index is 0.110. The van der Waals surface area contributed by atoms with Crippen LogP contribution in [0.25, 0.3) is 0 Å². The summed E-state index contributed by atoms with van der Waals surface area (Å²) in [5.74, 6) is -0.204. The molecule has 0 bridgehead atoms. The monoisotopic (exact) mass is 279 g/mol. The molecule has 0 aliphatic rings. The SMILES string of the molecule is Cc1noc(CCNc2nc(C(F)(F)F)ns2)n1. The highest BCUT2D eigenvalue weighted by molar-refractivity contribution is 7.09. The van der Waals surface area contributed by atoms with Gasteiger partial charge in [-0.3, -0.25) is 0 Å². The van der Waals surface area contributed by atoms with Crippen LogP contribution in [0.5, 0.6) is 0 Å². The maximum Gasteiger partial charge on any atom is 0.452 e. The number of hydrogen-bond donors (Lipinski definition) is 1. The number of nitrogens with one attached hydrogen (secondary N) is 1. The van der Waals surface area contributed by atoms with Crippen molar-refractivity contribution < 1.29 is 17.7 Å². The zero-order valence-electron chi connectivity index (χ0n) is 9.15. The maximum atomic E-state index is 12.2. The standard InChI is InChI=1S/C8H8F3N5OS/c1-4-13-5(17-15-4)2-3-12-7-14-6(16-18-7)8(9,10)11/h2-3H2,1H3,(H,12,14,16). The predicted molar refractivity (Wildman–Crippen MR) is 56.1 cm³/mol. The van der Waals surface area contributed by atoms with Gasteiger partial charge in [-0.05, 0) is 6.92 Å². The van der Waals surface area contributed by atoms with E-state index in [0.29, 0.717) is 36.2 Å². The fourth-order valence-corrected chi connectivity index (χ4v) is 1.74. The Morgan fingerprint density at radius 3 is 2.67 bits per heavy atom. The van der Waals surface area contributed by atoms with Gasteiger partial charge in [-0.2, -0.15) is 27.5 Å². The molecule has 98 valence electrons. The first-order valence-electron chi connectivity index (χ1n) is 4.89. The lowest BCUT2D eigenvalue weighted by Gasteiger charge is -1.99. The third-order valence-electron chi connectivity index (χ3n) is 1.86. The predicted octanol–water partition coefficient (Wildman–Crippen LogP) is 1.90. The zero-order valence-corrected chi connectivity index (χ0v) is 9.97. The number of aryl methyl sites for hydroxylation is 1. The Kier molecular flexibility index (Phi) is 3.45. The normalized spacial score (nSPS) is 11.8. The Labute approximate surface area is 103 Å².